The Bertz CT molecular complexity index is 477. The van der Waals surface area contributed by atoms with Gasteiger partial charge in [0.25, 0.3) is 0 Å². The van der Waals surface area contributed by atoms with Crippen LogP contribution >= 0.6 is 11.3 Å². The van der Waals surface area contributed by atoms with Gasteiger partial charge in [0.1, 0.15) is 0 Å². The van der Waals surface area contributed by atoms with Crippen LogP contribution in [-0.2, 0) is 9.84 Å². The molecule has 1 aliphatic carbocycles. The number of sulfone groups is 1. The van der Waals surface area contributed by atoms with E-state index in [0.717, 1.165) is 12.3 Å². The van der Waals surface area contributed by atoms with Crippen LogP contribution in [0.5, 0.6) is 0 Å². The maximum Gasteiger partial charge on any atom is 0.151 e. The molecule has 2 unspecified atom stereocenters. The van der Waals surface area contributed by atoms with Gasteiger partial charge in [0.2, 0.25) is 0 Å². The highest BCUT2D eigenvalue weighted by Crippen LogP contribution is 2.42. The molecule has 2 atom stereocenters. The summed E-state index contributed by atoms with van der Waals surface area (Å²) in [6, 6.07) is 4.77. The van der Waals surface area contributed by atoms with Crippen molar-refractivity contribution in [2.24, 2.45) is 5.92 Å². The lowest BCUT2D eigenvalue weighted by Gasteiger charge is -2.21. The smallest absolute Gasteiger partial charge is 0.151 e. The van der Waals surface area contributed by atoms with E-state index >= 15 is 0 Å². The van der Waals surface area contributed by atoms with Gasteiger partial charge < -0.3 is 5.32 Å². The monoisotopic (exact) mass is 271 g/mol. The second kappa shape index (κ2) is 4.37. The first-order valence-electron chi connectivity index (χ1n) is 6.14. The minimum absolute atomic E-state index is 0.160. The average molecular weight is 271 g/mol. The van der Waals surface area contributed by atoms with Gasteiger partial charge in [0, 0.05) is 17.0 Å². The van der Waals surface area contributed by atoms with Gasteiger partial charge >= 0.3 is 0 Å². The molecule has 1 aliphatic heterocycles. The van der Waals surface area contributed by atoms with Crippen molar-refractivity contribution < 1.29 is 8.42 Å². The third kappa shape index (κ3) is 2.72. The van der Waals surface area contributed by atoms with Crippen LogP contribution < -0.4 is 5.32 Å². The number of hydrogen-bond donors (Lipinski definition) is 1. The fourth-order valence-corrected chi connectivity index (χ4v) is 5.09. The lowest BCUT2D eigenvalue weighted by Crippen LogP contribution is -2.34. The maximum atomic E-state index is 11.5. The number of thiophene rings is 1. The Kier molecular flexibility index (Phi) is 3.00. The topological polar surface area (TPSA) is 46.2 Å². The number of nitrogens with one attached hydrogen (secondary N) is 1. The zero-order valence-electron chi connectivity index (χ0n) is 9.63. The average Bonchev–Trinajstić information content (AvgIpc) is 2.84. The van der Waals surface area contributed by atoms with Gasteiger partial charge in [-0.05, 0) is 36.6 Å². The second-order valence-corrected chi connectivity index (χ2v) is 8.31. The fourth-order valence-electron chi connectivity index (χ4n) is 2.53. The molecule has 94 valence electrons. The van der Waals surface area contributed by atoms with Crippen molar-refractivity contribution in [2.75, 3.05) is 11.5 Å². The standard InChI is InChI=1S/C12H17NO2S2/c14-17(15)7-5-10(8-17)13-12(9-3-4-9)11-2-1-6-16-11/h1-2,6,9-10,12-13H,3-5,7-8H2. The summed E-state index contributed by atoms with van der Waals surface area (Å²) in [5, 5.41) is 5.66. The molecule has 0 spiro atoms. The van der Waals surface area contributed by atoms with E-state index in [1.807, 2.05) is 0 Å². The van der Waals surface area contributed by atoms with E-state index in [1.54, 1.807) is 11.3 Å². The van der Waals surface area contributed by atoms with Crippen molar-refractivity contribution in [2.45, 2.75) is 31.3 Å². The molecule has 2 fully saturated rings. The zero-order chi connectivity index (χ0) is 11.9. The van der Waals surface area contributed by atoms with Gasteiger partial charge in [0.15, 0.2) is 9.84 Å². The van der Waals surface area contributed by atoms with E-state index in [4.69, 9.17) is 0 Å². The molecule has 0 radical (unpaired) electrons. The van der Waals surface area contributed by atoms with Crippen molar-refractivity contribution in [1.29, 1.82) is 0 Å². The summed E-state index contributed by atoms with van der Waals surface area (Å²) in [5.41, 5.74) is 0. The molecule has 1 aromatic rings. The Morgan fingerprint density at radius 3 is 2.71 bits per heavy atom. The lowest BCUT2D eigenvalue weighted by atomic mass is 10.1. The highest BCUT2D eigenvalue weighted by atomic mass is 32.2. The predicted molar refractivity (Wildman–Crippen MR) is 70.0 cm³/mol. The maximum absolute atomic E-state index is 11.5. The molecule has 0 bridgehead atoms. The molecule has 0 amide bonds. The largest absolute Gasteiger partial charge is 0.305 e. The predicted octanol–water partition coefficient (Wildman–Crippen LogP) is 1.98. The number of hydrogen-bond acceptors (Lipinski definition) is 4. The van der Waals surface area contributed by atoms with E-state index in [-0.39, 0.29) is 6.04 Å². The fraction of sp³-hybridized carbons (Fsp3) is 0.667. The van der Waals surface area contributed by atoms with E-state index in [1.165, 1.54) is 17.7 Å². The SMILES string of the molecule is O=S1(=O)CCC(NC(c2cccs2)C2CC2)C1. The molecular weight excluding hydrogens is 254 g/mol. The molecule has 1 saturated heterocycles. The lowest BCUT2D eigenvalue weighted by molar-refractivity contribution is 0.428. The Morgan fingerprint density at radius 2 is 2.18 bits per heavy atom. The zero-order valence-corrected chi connectivity index (χ0v) is 11.3. The Labute approximate surface area is 106 Å². The molecule has 1 aromatic heterocycles. The van der Waals surface area contributed by atoms with Crippen molar-refractivity contribution in [3.05, 3.63) is 22.4 Å². The summed E-state index contributed by atoms with van der Waals surface area (Å²) in [5.74, 6) is 1.39. The Morgan fingerprint density at radius 1 is 1.35 bits per heavy atom. The normalized spacial score (nSPS) is 29.3. The van der Waals surface area contributed by atoms with Gasteiger partial charge in [-0.25, -0.2) is 8.42 Å². The molecule has 2 heterocycles. The quantitative estimate of drug-likeness (QED) is 0.911. The van der Waals surface area contributed by atoms with Crippen molar-refractivity contribution >= 4 is 21.2 Å². The molecule has 17 heavy (non-hydrogen) atoms. The van der Waals surface area contributed by atoms with Crippen LogP contribution in [0, 0.1) is 5.92 Å². The van der Waals surface area contributed by atoms with Gasteiger partial charge in [0.05, 0.1) is 11.5 Å². The van der Waals surface area contributed by atoms with Gasteiger partial charge in [-0.2, -0.15) is 0 Å². The van der Waals surface area contributed by atoms with Gasteiger partial charge in [-0.3, -0.25) is 0 Å². The van der Waals surface area contributed by atoms with Crippen molar-refractivity contribution in [3.63, 3.8) is 0 Å². The van der Waals surface area contributed by atoms with Crippen LogP contribution in [0.2, 0.25) is 0 Å². The number of rotatable bonds is 4. The van der Waals surface area contributed by atoms with Crippen LogP contribution in [0.1, 0.15) is 30.2 Å². The van der Waals surface area contributed by atoms with Crippen LogP contribution in [-0.4, -0.2) is 26.0 Å². The van der Waals surface area contributed by atoms with Crippen molar-refractivity contribution in [3.8, 4) is 0 Å². The van der Waals surface area contributed by atoms with E-state index in [9.17, 15) is 8.42 Å². The molecule has 0 aromatic carbocycles. The minimum atomic E-state index is -2.77. The summed E-state index contributed by atoms with van der Waals surface area (Å²) >= 11 is 1.77. The molecule has 1 saturated carbocycles. The first kappa shape index (κ1) is 11.7. The molecule has 2 aliphatic rings. The summed E-state index contributed by atoms with van der Waals surface area (Å²) < 4.78 is 22.9. The van der Waals surface area contributed by atoms with Gasteiger partial charge in [-0.15, -0.1) is 11.3 Å². The summed E-state index contributed by atoms with van der Waals surface area (Å²) in [6.45, 7) is 0. The highest BCUT2D eigenvalue weighted by molar-refractivity contribution is 7.91. The third-order valence-corrected chi connectivity index (χ3v) is 6.31. The van der Waals surface area contributed by atoms with Crippen LogP contribution in [0.3, 0.4) is 0 Å². The first-order valence-corrected chi connectivity index (χ1v) is 8.84. The van der Waals surface area contributed by atoms with Crippen LogP contribution in [0.15, 0.2) is 17.5 Å². The highest BCUT2D eigenvalue weighted by Gasteiger charge is 2.36. The van der Waals surface area contributed by atoms with E-state index in [0.29, 0.717) is 17.5 Å². The molecule has 3 nitrogen and oxygen atoms in total. The van der Waals surface area contributed by atoms with Crippen LogP contribution in [0.4, 0.5) is 0 Å². The minimum Gasteiger partial charge on any atom is -0.305 e. The van der Waals surface area contributed by atoms with Crippen molar-refractivity contribution in [1.82, 2.24) is 5.32 Å². The Hall–Kier alpha value is -0.390. The molecule has 1 N–H and O–H groups in total. The second-order valence-electron chi connectivity index (χ2n) is 5.10. The third-order valence-electron chi connectivity index (χ3n) is 3.59. The molecule has 5 heteroatoms. The summed E-state index contributed by atoms with van der Waals surface area (Å²) in [4.78, 5) is 1.36. The van der Waals surface area contributed by atoms with Crippen LogP contribution in [0.25, 0.3) is 0 Å². The van der Waals surface area contributed by atoms with E-state index in [2.05, 4.69) is 22.8 Å². The molecule has 3 rings (SSSR count). The molecular formula is C12H17NO2S2. The Balaban J connectivity index is 1.70. The first-order chi connectivity index (χ1) is 8.14. The summed E-state index contributed by atoms with van der Waals surface area (Å²) in [6.07, 6.45) is 3.32. The summed E-state index contributed by atoms with van der Waals surface area (Å²) in [7, 11) is -2.77. The van der Waals surface area contributed by atoms with Gasteiger partial charge in [-0.1, -0.05) is 6.07 Å². The van der Waals surface area contributed by atoms with E-state index < -0.39 is 9.84 Å².